The van der Waals surface area contributed by atoms with Crippen LogP contribution in [0.2, 0.25) is 0 Å². The van der Waals surface area contributed by atoms with Gasteiger partial charge in [0.05, 0.1) is 24.8 Å². The number of carbonyl (C=O) groups excluding carboxylic acids is 1. The first-order chi connectivity index (χ1) is 21.7. The molecule has 1 fully saturated rings. The number of hydrogen-bond acceptors (Lipinski definition) is 6. The fourth-order valence-corrected chi connectivity index (χ4v) is 7.75. The van der Waals surface area contributed by atoms with Crippen LogP contribution in [-0.4, -0.2) is 53.8 Å². The molecule has 6 rings (SSSR count). The molecule has 1 N–H and O–H groups in total. The molecule has 1 saturated heterocycles. The second-order valence-electron chi connectivity index (χ2n) is 12.5. The topological polar surface area (TPSA) is 70.2 Å². The first-order valence-electron chi connectivity index (χ1n) is 15.7. The summed E-state index contributed by atoms with van der Waals surface area (Å²) in [6.07, 6.45) is 6.86. The number of nitrogens with zero attached hydrogens (tertiary/aromatic N) is 3. The van der Waals surface area contributed by atoms with Gasteiger partial charge >= 0.3 is 0 Å². The maximum atomic E-state index is 14.1. The van der Waals surface area contributed by atoms with Crippen molar-refractivity contribution >= 4 is 51.2 Å². The average molecular weight is 623 g/mol. The SMILES string of the molecule is CCCN1c2cc(OC)c(/C=C3/SC(=Nc4ccc(OC)cc4)N(CCc4c[nH]c5ccccc45)C3=O)cc2C(C)CC1(C)C. The summed E-state index contributed by atoms with van der Waals surface area (Å²) in [7, 11) is 3.35. The number of ether oxygens (including phenoxy) is 2. The Morgan fingerprint density at radius 1 is 1.07 bits per heavy atom. The molecule has 2 aliphatic heterocycles. The van der Waals surface area contributed by atoms with E-state index in [0.717, 1.165) is 47.7 Å². The summed E-state index contributed by atoms with van der Waals surface area (Å²) >= 11 is 1.42. The van der Waals surface area contributed by atoms with E-state index in [1.807, 2.05) is 53.6 Å². The zero-order chi connectivity index (χ0) is 31.7. The number of aromatic nitrogens is 1. The van der Waals surface area contributed by atoms with Gasteiger partial charge in [-0.1, -0.05) is 32.0 Å². The molecular weight excluding hydrogens is 580 g/mol. The van der Waals surface area contributed by atoms with Crippen LogP contribution in [0.1, 0.15) is 63.1 Å². The molecule has 1 atom stereocenters. The second-order valence-corrected chi connectivity index (χ2v) is 13.5. The summed E-state index contributed by atoms with van der Waals surface area (Å²) in [5.41, 5.74) is 6.54. The minimum absolute atomic E-state index is 0.0475. The summed E-state index contributed by atoms with van der Waals surface area (Å²) in [5.74, 6) is 1.87. The molecule has 1 aromatic heterocycles. The number of rotatable bonds is 9. The minimum atomic E-state index is -0.0475. The van der Waals surface area contributed by atoms with Crippen molar-refractivity contribution in [3.63, 3.8) is 0 Å². The Hall–Kier alpha value is -4.17. The zero-order valence-corrected chi connectivity index (χ0v) is 27.8. The molecule has 8 heteroatoms. The third kappa shape index (κ3) is 6.08. The van der Waals surface area contributed by atoms with Gasteiger partial charge in [-0.15, -0.1) is 0 Å². The van der Waals surface area contributed by atoms with E-state index in [1.54, 1.807) is 14.2 Å². The van der Waals surface area contributed by atoms with E-state index in [9.17, 15) is 4.79 Å². The van der Waals surface area contributed by atoms with Crippen molar-refractivity contribution in [1.29, 1.82) is 0 Å². The van der Waals surface area contributed by atoms with Crippen LogP contribution in [0.4, 0.5) is 11.4 Å². The summed E-state index contributed by atoms with van der Waals surface area (Å²) < 4.78 is 11.3. The van der Waals surface area contributed by atoms with Gasteiger partial charge in [0.2, 0.25) is 0 Å². The van der Waals surface area contributed by atoms with E-state index >= 15 is 0 Å². The summed E-state index contributed by atoms with van der Waals surface area (Å²) in [5, 5.41) is 1.84. The van der Waals surface area contributed by atoms with Crippen LogP contribution in [0.15, 0.2) is 76.8 Å². The Balaban J connectivity index is 1.36. The lowest BCUT2D eigenvalue weighted by molar-refractivity contribution is -0.122. The third-order valence-electron chi connectivity index (χ3n) is 8.94. The molecule has 1 amide bonds. The molecule has 7 nitrogen and oxygen atoms in total. The number of aliphatic imine (C=N–C) groups is 1. The molecule has 0 radical (unpaired) electrons. The average Bonchev–Trinajstić information content (AvgIpc) is 3.57. The fraction of sp³-hybridized carbons (Fsp3) is 0.351. The van der Waals surface area contributed by atoms with Crippen LogP contribution in [-0.2, 0) is 11.2 Å². The molecule has 3 heterocycles. The van der Waals surface area contributed by atoms with E-state index in [4.69, 9.17) is 14.5 Å². The number of aromatic amines is 1. The van der Waals surface area contributed by atoms with E-state index in [2.05, 4.69) is 61.8 Å². The molecule has 0 saturated carbocycles. The van der Waals surface area contributed by atoms with Gasteiger partial charge in [-0.25, -0.2) is 4.99 Å². The molecule has 4 aromatic rings. The maximum absolute atomic E-state index is 14.1. The predicted molar refractivity (Wildman–Crippen MR) is 187 cm³/mol. The number of nitrogens with one attached hydrogen (secondary N) is 1. The van der Waals surface area contributed by atoms with Crippen LogP contribution in [0, 0.1) is 0 Å². The Morgan fingerprint density at radius 3 is 2.58 bits per heavy atom. The van der Waals surface area contributed by atoms with Crippen molar-refractivity contribution < 1.29 is 14.3 Å². The quantitative estimate of drug-likeness (QED) is 0.190. The highest BCUT2D eigenvalue weighted by Gasteiger charge is 2.37. The highest BCUT2D eigenvalue weighted by Crippen LogP contribution is 2.47. The van der Waals surface area contributed by atoms with Gasteiger partial charge in [0, 0.05) is 53.0 Å². The molecule has 1 unspecified atom stereocenters. The van der Waals surface area contributed by atoms with Crippen molar-refractivity contribution in [2.45, 2.75) is 58.4 Å². The second kappa shape index (κ2) is 12.7. The van der Waals surface area contributed by atoms with Crippen molar-refractivity contribution in [1.82, 2.24) is 9.88 Å². The number of amides is 1. The zero-order valence-electron chi connectivity index (χ0n) is 27.0. The maximum Gasteiger partial charge on any atom is 0.266 e. The van der Waals surface area contributed by atoms with Crippen LogP contribution >= 0.6 is 11.8 Å². The Kier molecular flexibility index (Phi) is 8.69. The molecule has 234 valence electrons. The van der Waals surface area contributed by atoms with E-state index < -0.39 is 0 Å². The Bertz CT molecular complexity index is 1770. The number of amidine groups is 1. The van der Waals surface area contributed by atoms with Gasteiger partial charge < -0.3 is 19.4 Å². The number of methoxy groups -OCH3 is 2. The third-order valence-corrected chi connectivity index (χ3v) is 9.94. The highest BCUT2D eigenvalue weighted by molar-refractivity contribution is 8.18. The van der Waals surface area contributed by atoms with Gasteiger partial charge in [-0.05, 0) is 104 Å². The van der Waals surface area contributed by atoms with Gasteiger partial charge in [0.15, 0.2) is 5.17 Å². The van der Waals surface area contributed by atoms with Crippen LogP contribution < -0.4 is 14.4 Å². The minimum Gasteiger partial charge on any atom is -0.497 e. The van der Waals surface area contributed by atoms with Crippen molar-refractivity contribution in [3.8, 4) is 11.5 Å². The summed E-state index contributed by atoms with van der Waals surface area (Å²) in [6.45, 7) is 10.7. The molecule has 0 bridgehead atoms. The highest BCUT2D eigenvalue weighted by atomic mass is 32.2. The summed E-state index contributed by atoms with van der Waals surface area (Å²) in [4.78, 5) is 27.3. The molecule has 0 aliphatic carbocycles. The number of carbonyl (C=O) groups is 1. The number of thioether (sulfide) groups is 1. The van der Waals surface area contributed by atoms with Crippen LogP contribution in [0.5, 0.6) is 11.5 Å². The Morgan fingerprint density at radius 2 is 1.84 bits per heavy atom. The van der Waals surface area contributed by atoms with Gasteiger partial charge in [0.25, 0.3) is 5.91 Å². The van der Waals surface area contributed by atoms with E-state index in [1.165, 1.54) is 34.0 Å². The van der Waals surface area contributed by atoms with Crippen molar-refractivity contribution in [2.24, 2.45) is 4.99 Å². The number of anilines is 1. The number of benzene rings is 3. The molecule has 45 heavy (non-hydrogen) atoms. The summed E-state index contributed by atoms with van der Waals surface area (Å²) in [6, 6.07) is 20.2. The lowest BCUT2D eigenvalue weighted by Gasteiger charge is -2.47. The van der Waals surface area contributed by atoms with E-state index in [-0.39, 0.29) is 11.4 Å². The monoisotopic (exact) mass is 622 g/mol. The Labute approximate surface area is 270 Å². The number of para-hydroxylation sites is 1. The standard InChI is InChI=1S/C37H42N4O3S/c1-7-17-41-32-21-33(44-6)26(19-30(32)24(2)22-37(41,3)4)20-34-35(42)40(18-16-25-23-38-31-11-9-8-10-29(25)31)36(45-34)39-27-12-14-28(43-5)15-13-27/h8-15,19-21,23-24,38H,7,16-18,22H2,1-6H3/b34-20+,39-36?. The normalized spacial score (nSPS) is 19.5. The number of H-pyrrole nitrogens is 1. The molecule has 3 aromatic carbocycles. The van der Waals surface area contributed by atoms with Gasteiger partial charge in [0.1, 0.15) is 11.5 Å². The number of fused-ring (bicyclic) bond motifs is 2. The fourth-order valence-electron chi connectivity index (χ4n) is 6.73. The van der Waals surface area contributed by atoms with Gasteiger partial charge in [-0.2, -0.15) is 0 Å². The van der Waals surface area contributed by atoms with Crippen LogP contribution in [0.25, 0.3) is 17.0 Å². The molecule has 2 aliphatic rings. The lowest BCUT2D eigenvalue weighted by atomic mass is 9.79. The van der Waals surface area contributed by atoms with Crippen molar-refractivity contribution in [3.05, 3.63) is 88.5 Å². The number of hydrogen-bond donors (Lipinski definition) is 1. The first kappa shape index (κ1) is 30.8. The molecular formula is C37H42N4O3S. The van der Waals surface area contributed by atoms with E-state index in [0.29, 0.717) is 29.0 Å². The largest absolute Gasteiger partial charge is 0.497 e. The van der Waals surface area contributed by atoms with Crippen molar-refractivity contribution in [2.75, 3.05) is 32.2 Å². The predicted octanol–water partition coefficient (Wildman–Crippen LogP) is 8.53. The smallest absolute Gasteiger partial charge is 0.266 e. The lowest BCUT2D eigenvalue weighted by Crippen LogP contribution is -2.48. The van der Waals surface area contributed by atoms with Crippen LogP contribution in [0.3, 0.4) is 0 Å². The first-order valence-corrected chi connectivity index (χ1v) is 16.5. The molecule has 0 spiro atoms. The van der Waals surface area contributed by atoms with Gasteiger partial charge in [-0.3, -0.25) is 9.69 Å².